The zero-order chi connectivity index (χ0) is 17.4. The molecule has 2 aliphatic rings. The van der Waals surface area contributed by atoms with Gasteiger partial charge in [-0.05, 0) is 37.9 Å². The molecule has 3 heterocycles. The van der Waals surface area contributed by atoms with Gasteiger partial charge in [0, 0.05) is 30.9 Å². The maximum atomic E-state index is 11.9. The third-order valence-corrected chi connectivity index (χ3v) is 5.72. The zero-order valence-corrected chi connectivity index (χ0v) is 15.0. The summed E-state index contributed by atoms with van der Waals surface area (Å²) >= 11 is 0. The topological polar surface area (TPSA) is 45.9 Å². The Bertz CT molecular complexity index is 769. The molecule has 0 radical (unpaired) electrons. The van der Waals surface area contributed by atoms with Crippen molar-refractivity contribution < 1.29 is 13.9 Å². The number of furan rings is 1. The van der Waals surface area contributed by atoms with Gasteiger partial charge in [0.05, 0.1) is 13.7 Å². The fourth-order valence-corrected chi connectivity index (χ4v) is 4.56. The molecule has 2 saturated heterocycles. The number of ether oxygens (including phenoxy) is 1. The summed E-state index contributed by atoms with van der Waals surface area (Å²) in [5, 5.41) is 1.08. The number of carbonyl (C=O) groups is 1. The van der Waals surface area contributed by atoms with Crippen molar-refractivity contribution in [2.75, 3.05) is 20.2 Å². The van der Waals surface area contributed by atoms with E-state index in [4.69, 9.17) is 9.15 Å². The highest BCUT2D eigenvalue weighted by Gasteiger charge is 2.40. The molecule has 1 amide bonds. The summed E-state index contributed by atoms with van der Waals surface area (Å²) in [6.45, 7) is 4.45. The van der Waals surface area contributed by atoms with E-state index in [1.165, 1.54) is 12.8 Å². The Labute approximate surface area is 148 Å². The molecule has 5 heteroatoms. The van der Waals surface area contributed by atoms with Crippen molar-refractivity contribution in [3.8, 4) is 5.75 Å². The SMILES string of the molecule is COc1cccc2cc(CN3CCCC[C@@H]4[C@H]3CCN4C(C)=O)oc12. The molecular weight excluding hydrogens is 316 g/mol. The molecule has 134 valence electrons. The summed E-state index contributed by atoms with van der Waals surface area (Å²) < 4.78 is 11.5. The van der Waals surface area contributed by atoms with Gasteiger partial charge in [-0.15, -0.1) is 0 Å². The van der Waals surface area contributed by atoms with Crippen LogP contribution in [-0.4, -0.2) is 48.0 Å². The molecular formula is C20H26N2O3. The number of hydrogen-bond donors (Lipinski definition) is 0. The van der Waals surface area contributed by atoms with E-state index in [0.29, 0.717) is 12.1 Å². The number of nitrogens with zero attached hydrogens (tertiary/aromatic N) is 2. The lowest BCUT2D eigenvalue weighted by Gasteiger charge is -2.32. The van der Waals surface area contributed by atoms with Gasteiger partial charge in [0.2, 0.25) is 5.91 Å². The monoisotopic (exact) mass is 342 g/mol. The van der Waals surface area contributed by atoms with Gasteiger partial charge >= 0.3 is 0 Å². The number of benzene rings is 1. The van der Waals surface area contributed by atoms with Crippen LogP contribution in [0.15, 0.2) is 28.7 Å². The minimum atomic E-state index is 0.211. The molecule has 1 aromatic carbocycles. The maximum Gasteiger partial charge on any atom is 0.219 e. The lowest BCUT2D eigenvalue weighted by Crippen LogP contribution is -2.44. The third kappa shape index (κ3) is 3.01. The molecule has 0 aliphatic carbocycles. The zero-order valence-electron chi connectivity index (χ0n) is 15.0. The van der Waals surface area contributed by atoms with Crippen molar-refractivity contribution in [3.05, 3.63) is 30.0 Å². The van der Waals surface area contributed by atoms with Gasteiger partial charge in [0.15, 0.2) is 11.3 Å². The number of rotatable bonds is 3. The van der Waals surface area contributed by atoms with Crippen molar-refractivity contribution >= 4 is 16.9 Å². The second kappa shape index (κ2) is 6.71. The van der Waals surface area contributed by atoms with Crippen LogP contribution in [0.5, 0.6) is 5.75 Å². The first-order valence-corrected chi connectivity index (χ1v) is 9.24. The number of fused-ring (bicyclic) bond motifs is 2. The number of para-hydroxylation sites is 1. The molecule has 4 rings (SSSR count). The van der Waals surface area contributed by atoms with Crippen LogP contribution in [-0.2, 0) is 11.3 Å². The van der Waals surface area contributed by atoms with Crippen molar-refractivity contribution in [1.29, 1.82) is 0 Å². The van der Waals surface area contributed by atoms with Crippen molar-refractivity contribution in [3.63, 3.8) is 0 Å². The molecule has 1 aromatic heterocycles. The summed E-state index contributed by atoms with van der Waals surface area (Å²) in [6.07, 6.45) is 4.56. The molecule has 0 unspecified atom stereocenters. The third-order valence-electron chi connectivity index (χ3n) is 5.72. The van der Waals surface area contributed by atoms with E-state index >= 15 is 0 Å². The summed E-state index contributed by atoms with van der Waals surface area (Å²) in [5.41, 5.74) is 0.822. The minimum Gasteiger partial charge on any atom is -0.493 e. The largest absolute Gasteiger partial charge is 0.493 e. The van der Waals surface area contributed by atoms with Crippen LogP contribution >= 0.6 is 0 Å². The second-order valence-electron chi connectivity index (χ2n) is 7.19. The van der Waals surface area contributed by atoms with Gasteiger partial charge in [-0.3, -0.25) is 9.69 Å². The van der Waals surface area contributed by atoms with Crippen LogP contribution in [0, 0.1) is 0 Å². The van der Waals surface area contributed by atoms with Gasteiger partial charge in [-0.1, -0.05) is 18.6 Å². The Kier molecular flexibility index (Phi) is 4.42. The Morgan fingerprint density at radius 1 is 1.24 bits per heavy atom. The predicted molar refractivity (Wildman–Crippen MR) is 96.6 cm³/mol. The highest BCUT2D eigenvalue weighted by Crippen LogP contribution is 2.33. The Balaban J connectivity index is 1.58. The maximum absolute atomic E-state index is 11.9. The first-order chi connectivity index (χ1) is 12.2. The molecule has 0 N–H and O–H groups in total. The summed E-state index contributed by atoms with van der Waals surface area (Å²) in [4.78, 5) is 16.5. The van der Waals surface area contributed by atoms with Crippen LogP contribution < -0.4 is 4.74 Å². The molecule has 2 aromatic rings. The predicted octanol–water partition coefficient (Wildman–Crippen LogP) is 3.42. The molecule has 0 bridgehead atoms. The molecule has 0 spiro atoms. The van der Waals surface area contributed by atoms with Crippen LogP contribution in [0.4, 0.5) is 0 Å². The Morgan fingerprint density at radius 3 is 2.92 bits per heavy atom. The fraction of sp³-hybridized carbons (Fsp3) is 0.550. The number of methoxy groups -OCH3 is 1. The second-order valence-corrected chi connectivity index (χ2v) is 7.19. The van der Waals surface area contributed by atoms with Gasteiger partial charge in [0.1, 0.15) is 5.76 Å². The number of likely N-dealkylation sites (tertiary alicyclic amines) is 2. The van der Waals surface area contributed by atoms with Gasteiger partial charge < -0.3 is 14.1 Å². The molecule has 2 atom stereocenters. The van der Waals surface area contributed by atoms with E-state index in [9.17, 15) is 4.79 Å². The number of carbonyl (C=O) groups excluding carboxylic acids is 1. The van der Waals surface area contributed by atoms with Crippen molar-refractivity contribution in [2.45, 2.75) is 51.2 Å². The van der Waals surface area contributed by atoms with E-state index < -0.39 is 0 Å². The fourth-order valence-electron chi connectivity index (χ4n) is 4.56. The number of amides is 1. The van der Waals surface area contributed by atoms with Gasteiger partial charge in [0.25, 0.3) is 0 Å². The Hall–Kier alpha value is -2.01. The molecule has 2 aliphatic heterocycles. The van der Waals surface area contributed by atoms with E-state index in [2.05, 4.69) is 21.9 Å². The average molecular weight is 342 g/mol. The highest BCUT2D eigenvalue weighted by atomic mass is 16.5. The standard InChI is InChI=1S/C20H26N2O3/c1-14(23)22-11-9-17-18(22)7-3-4-10-21(17)13-16-12-15-6-5-8-19(24-2)20(15)25-16/h5-6,8,12,17-18H,3-4,7,9-11,13H2,1-2H3/t17-,18-/m1/s1. The summed E-state index contributed by atoms with van der Waals surface area (Å²) in [6, 6.07) is 8.91. The summed E-state index contributed by atoms with van der Waals surface area (Å²) in [5.74, 6) is 1.96. The van der Waals surface area contributed by atoms with E-state index in [1.54, 1.807) is 14.0 Å². The lowest BCUT2D eigenvalue weighted by atomic mass is 10.0. The first kappa shape index (κ1) is 16.5. The normalized spacial score (nSPS) is 24.3. The average Bonchev–Trinajstić information content (AvgIpc) is 3.16. The van der Waals surface area contributed by atoms with Crippen LogP contribution in [0.2, 0.25) is 0 Å². The number of hydrogen-bond acceptors (Lipinski definition) is 4. The molecule has 5 nitrogen and oxygen atoms in total. The van der Waals surface area contributed by atoms with Crippen LogP contribution in [0.25, 0.3) is 11.0 Å². The summed E-state index contributed by atoms with van der Waals surface area (Å²) in [7, 11) is 1.67. The van der Waals surface area contributed by atoms with Crippen molar-refractivity contribution in [1.82, 2.24) is 9.80 Å². The molecule has 0 saturated carbocycles. The van der Waals surface area contributed by atoms with E-state index in [0.717, 1.165) is 55.0 Å². The van der Waals surface area contributed by atoms with E-state index in [-0.39, 0.29) is 5.91 Å². The van der Waals surface area contributed by atoms with Crippen molar-refractivity contribution in [2.24, 2.45) is 0 Å². The Morgan fingerprint density at radius 2 is 2.12 bits per heavy atom. The van der Waals surface area contributed by atoms with Gasteiger partial charge in [-0.25, -0.2) is 0 Å². The van der Waals surface area contributed by atoms with Crippen LogP contribution in [0.1, 0.15) is 38.4 Å². The quantitative estimate of drug-likeness (QED) is 0.857. The minimum absolute atomic E-state index is 0.211. The highest BCUT2D eigenvalue weighted by molar-refractivity contribution is 5.83. The molecule has 2 fully saturated rings. The smallest absolute Gasteiger partial charge is 0.219 e. The van der Waals surface area contributed by atoms with E-state index in [1.807, 2.05) is 12.1 Å². The van der Waals surface area contributed by atoms with Crippen LogP contribution in [0.3, 0.4) is 0 Å². The molecule has 25 heavy (non-hydrogen) atoms. The van der Waals surface area contributed by atoms with Gasteiger partial charge in [-0.2, -0.15) is 0 Å². The lowest BCUT2D eigenvalue weighted by molar-refractivity contribution is -0.130. The first-order valence-electron chi connectivity index (χ1n) is 9.24.